The van der Waals surface area contributed by atoms with Gasteiger partial charge in [-0.05, 0) is 18.6 Å². The average molecular weight is 175 g/mol. The van der Waals surface area contributed by atoms with Gasteiger partial charge < -0.3 is 5.32 Å². The van der Waals surface area contributed by atoms with Crippen molar-refractivity contribution in [2.75, 3.05) is 5.75 Å². The molecule has 0 aromatic heterocycles. The lowest BCUT2D eigenvalue weighted by atomic mass is 10.1. The van der Waals surface area contributed by atoms with E-state index in [1.807, 2.05) is 13.8 Å². The van der Waals surface area contributed by atoms with Crippen LogP contribution in [0.4, 0.5) is 4.79 Å². The van der Waals surface area contributed by atoms with Crippen LogP contribution in [0, 0.1) is 5.92 Å². The first-order valence-corrected chi connectivity index (χ1v) is 4.99. The molecular weight excluding hydrogens is 158 g/mol. The number of hydrogen-bond donors (Lipinski definition) is 1. The summed E-state index contributed by atoms with van der Waals surface area (Å²) >= 11 is 1.33. The van der Waals surface area contributed by atoms with Gasteiger partial charge in [-0.25, -0.2) is 0 Å². The van der Waals surface area contributed by atoms with Gasteiger partial charge in [0.1, 0.15) is 0 Å². The Morgan fingerprint density at radius 1 is 1.45 bits per heavy atom. The highest BCUT2D eigenvalue weighted by Crippen LogP contribution is 2.05. The van der Waals surface area contributed by atoms with Crippen LogP contribution < -0.4 is 5.32 Å². The van der Waals surface area contributed by atoms with E-state index in [9.17, 15) is 4.79 Å². The summed E-state index contributed by atoms with van der Waals surface area (Å²) in [5.41, 5.74) is 0. The molecule has 1 atom stereocenters. The number of carbonyl (C=O) groups excluding carboxylic acids is 1. The largest absolute Gasteiger partial charge is 0.344 e. The summed E-state index contributed by atoms with van der Waals surface area (Å²) in [5.74, 6) is 1.35. The predicted molar refractivity (Wildman–Crippen MR) is 51.0 cm³/mol. The summed E-state index contributed by atoms with van der Waals surface area (Å²) in [6.07, 6.45) is 0. The van der Waals surface area contributed by atoms with E-state index in [2.05, 4.69) is 19.2 Å². The van der Waals surface area contributed by atoms with Crippen molar-refractivity contribution in [3.05, 3.63) is 0 Å². The Morgan fingerprint density at radius 2 is 2.00 bits per heavy atom. The van der Waals surface area contributed by atoms with E-state index in [0.29, 0.717) is 5.92 Å². The molecule has 0 heterocycles. The molecule has 0 saturated heterocycles. The molecule has 0 fully saturated rings. The lowest BCUT2D eigenvalue weighted by molar-refractivity contribution is 0.255. The molecule has 0 aliphatic heterocycles. The second-order valence-corrected chi connectivity index (χ2v) is 4.13. The summed E-state index contributed by atoms with van der Waals surface area (Å²) in [5, 5.41) is 3.00. The Hall–Kier alpha value is -0.180. The van der Waals surface area contributed by atoms with Gasteiger partial charge in [-0.3, -0.25) is 4.79 Å². The zero-order valence-electron chi connectivity index (χ0n) is 7.68. The lowest BCUT2D eigenvalue weighted by Gasteiger charge is -2.16. The molecule has 0 radical (unpaired) electrons. The number of nitrogens with one attached hydrogen (secondary N) is 1. The van der Waals surface area contributed by atoms with Gasteiger partial charge in [-0.1, -0.05) is 32.5 Å². The molecule has 0 aliphatic carbocycles. The second-order valence-electron chi connectivity index (χ2n) is 2.90. The maximum Gasteiger partial charge on any atom is 0.279 e. The normalized spacial score (nSPS) is 13.2. The molecule has 0 bridgehead atoms. The minimum Gasteiger partial charge on any atom is -0.344 e. The SMILES string of the molecule is CCSC(=O)NC(C)C(C)C. The third-order valence-electron chi connectivity index (χ3n) is 1.62. The number of rotatable bonds is 3. The standard InChI is InChI=1S/C8H17NOS/c1-5-11-8(10)9-7(4)6(2)3/h6-7H,5H2,1-4H3,(H,9,10). The molecule has 2 nitrogen and oxygen atoms in total. The van der Waals surface area contributed by atoms with Crippen molar-refractivity contribution in [2.24, 2.45) is 5.92 Å². The molecule has 0 aromatic carbocycles. The first kappa shape index (κ1) is 10.8. The molecule has 11 heavy (non-hydrogen) atoms. The lowest BCUT2D eigenvalue weighted by Crippen LogP contribution is -2.33. The number of amides is 1. The highest BCUT2D eigenvalue weighted by molar-refractivity contribution is 8.13. The van der Waals surface area contributed by atoms with Gasteiger partial charge in [0.05, 0.1) is 0 Å². The summed E-state index contributed by atoms with van der Waals surface area (Å²) < 4.78 is 0. The minimum atomic E-state index is 0.0914. The van der Waals surface area contributed by atoms with Crippen molar-refractivity contribution in [3.63, 3.8) is 0 Å². The fourth-order valence-corrected chi connectivity index (χ4v) is 1.06. The van der Waals surface area contributed by atoms with Crippen molar-refractivity contribution in [1.29, 1.82) is 0 Å². The van der Waals surface area contributed by atoms with Crippen molar-refractivity contribution in [3.8, 4) is 0 Å². The van der Waals surface area contributed by atoms with Crippen molar-refractivity contribution >= 4 is 17.0 Å². The van der Waals surface area contributed by atoms with Crippen LogP contribution in [0.25, 0.3) is 0 Å². The third kappa shape index (κ3) is 5.13. The fraction of sp³-hybridized carbons (Fsp3) is 0.875. The van der Waals surface area contributed by atoms with Crippen LogP contribution in [-0.4, -0.2) is 17.0 Å². The molecule has 0 aliphatic rings. The summed E-state index contributed by atoms with van der Waals surface area (Å²) in [4.78, 5) is 11.0. The summed E-state index contributed by atoms with van der Waals surface area (Å²) in [7, 11) is 0. The van der Waals surface area contributed by atoms with E-state index in [0.717, 1.165) is 5.75 Å². The third-order valence-corrected chi connectivity index (χ3v) is 2.29. The Labute approximate surface area is 73.1 Å². The molecule has 0 spiro atoms. The predicted octanol–water partition coefficient (Wildman–Crippen LogP) is 2.49. The Balaban J connectivity index is 3.57. The Morgan fingerprint density at radius 3 is 2.36 bits per heavy atom. The Bertz CT molecular complexity index is 125. The van der Waals surface area contributed by atoms with Crippen LogP contribution in [0.1, 0.15) is 27.7 Å². The van der Waals surface area contributed by atoms with Crippen LogP contribution >= 0.6 is 11.8 Å². The van der Waals surface area contributed by atoms with Crippen molar-refractivity contribution < 1.29 is 4.79 Å². The van der Waals surface area contributed by atoms with E-state index in [4.69, 9.17) is 0 Å². The van der Waals surface area contributed by atoms with Crippen LogP contribution in [0.5, 0.6) is 0 Å². The van der Waals surface area contributed by atoms with Gasteiger partial charge >= 0.3 is 0 Å². The van der Waals surface area contributed by atoms with E-state index in [1.54, 1.807) is 0 Å². The van der Waals surface area contributed by atoms with Crippen molar-refractivity contribution in [1.82, 2.24) is 5.32 Å². The topological polar surface area (TPSA) is 29.1 Å². The first-order valence-electron chi connectivity index (χ1n) is 4.01. The number of hydrogen-bond acceptors (Lipinski definition) is 2. The van der Waals surface area contributed by atoms with Gasteiger partial charge in [-0.15, -0.1) is 0 Å². The maximum absolute atomic E-state index is 11.0. The summed E-state index contributed by atoms with van der Waals surface area (Å²) in [6.45, 7) is 8.20. The van der Waals surface area contributed by atoms with Gasteiger partial charge in [0, 0.05) is 6.04 Å². The molecule has 0 rings (SSSR count). The van der Waals surface area contributed by atoms with Gasteiger partial charge in [0.2, 0.25) is 0 Å². The molecule has 1 unspecified atom stereocenters. The second kappa shape index (κ2) is 5.47. The molecule has 1 N–H and O–H groups in total. The Kier molecular flexibility index (Phi) is 5.38. The van der Waals surface area contributed by atoms with Crippen molar-refractivity contribution in [2.45, 2.75) is 33.7 Å². The zero-order valence-corrected chi connectivity index (χ0v) is 8.49. The van der Waals surface area contributed by atoms with E-state index >= 15 is 0 Å². The first-order chi connectivity index (χ1) is 5.07. The fourth-order valence-electron chi connectivity index (χ4n) is 0.525. The quantitative estimate of drug-likeness (QED) is 0.714. The van der Waals surface area contributed by atoms with Gasteiger partial charge in [0.25, 0.3) is 5.24 Å². The monoisotopic (exact) mass is 175 g/mol. The van der Waals surface area contributed by atoms with Gasteiger partial charge in [-0.2, -0.15) is 0 Å². The zero-order chi connectivity index (χ0) is 8.85. The minimum absolute atomic E-state index is 0.0914. The van der Waals surface area contributed by atoms with Crippen LogP contribution in [0.2, 0.25) is 0 Å². The van der Waals surface area contributed by atoms with Crippen LogP contribution in [-0.2, 0) is 0 Å². The molecule has 0 aromatic rings. The van der Waals surface area contributed by atoms with Gasteiger partial charge in [0.15, 0.2) is 0 Å². The molecule has 66 valence electrons. The molecule has 0 saturated carbocycles. The van der Waals surface area contributed by atoms with E-state index in [-0.39, 0.29) is 11.3 Å². The van der Waals surface area contributed by atoms with Crippen LogP contribution in [0.15, 0.2) is 0 Å². The number of carbonyl (C=O) groups is 1. The van der Waals surface area contributed by atoms with Crippen LogP contribution in [0.3, 0.4) is 0 Å². The van der Waals surface area contributed by atoms with E-state index in [1.165, 1.54) is 11.8 Å². The maximum atomic E-state index is 11.0. The smallest absolute Gasteiger partial charge is 0.279 e. The molecule has 1 amide bonds. The van der Waals surface area contributed by atoms with E-state index < -0.39 is 0 Å². The molecular formula is C8H17NOS. The molecule has 3 heteroatoms. The summed E-state index contributed by atoms with van der Waals surface area (Å²) in [6, 6.07) is 0.279. The number of thioether (sulfide) groups is 1. The average Bonchev–Trinajstić information content (AvgIpc) is 1.87. The highest BCUT2D eigenvalue weighted by Gasteiger charge is 2.09. The highest BCUT2D eigenvalue weighted by atomic mass is 32.2.